The van der Waals surface area contributed by atoms with Gasteiger partial charge >= 0.3 is 6.03 Å². The first-order chi connectivity index (χ1) is 13.1. The van der Waals surface area contributed by atoms with Gasteiger partial charge in [0.15, 0.2) is 0 Å². The highest BCUT2D eigenvalue weighted by Crippen LogP contribution is 2.23. The second-order valence-electron chi connectivity index (χ2n) is 6.37. The van der Waals surface area contributed by atoms with Crippen LogP contribution in [-0.4, -0.2) is 28.1 Å². The van der Waals surface area contributed by atoms with Crippen LogP contribution in [0.5, 0.6) is 5.88 Å². The lowest BCUT2D eigenvalue weighted by molar-refractivity contribution is 0.134. The van der Waals surface area contributed by atoms with Gasteiger partial charge in [0.05, 0.1) is 0 Å². The molecule has 27 heavy (non-hydrogen) atoms. The Kier molecular flexibility index (Phi) is 6.44. The first kappa shape index (κ1) is 18.9. The van der Waals surface area contributed by atoms with E-state index >= 15 is 0 Å². The molecule has 1 heterocycles. The number of carbonyl (C=O) groups excluding carboxylic acids is 1. The van der Waals surface area contributed by atoms with Crippen LogP contribution >= 0.6 is 11.6 Å². The predicted molar refractivity (Wildman–Crippen MR) is 100 cm³/mol. The third-order valence-electron chi connectivity index (χ3n) is 4.42. The molecule has 0 saturated heterocycles. The van der Waals surface area contributed by atoms with Gasteiger partial charge in [-0.2, -0.15) is 5.26 Å². The molecule has 0 atom stereocenters. The van der Waals surface area contributed by atoms with Crippen molar-refractivity contribution < 1.29 is 9.53 Å². The monoisotopic (exact) mass is 385 g/mol. The quantitative estimate of drug-likeness (QED) is 0.823. The number of carbonyl (C=O) groups is 1. The molecule has 1 saturated carbocycles. The summed E-state index contributed by atoms with van der Waals surface area (Å²) in [7, 11) is 0. The molecule has 1 aromatic carbocycles. The van der Waals surface area contributed by atoms with Crippen molar-refractivity contribution in [1.29, 1.82) is 5.26 Å². The average molecular weight is 386 g/mol. The Bertz CT molecular complexity index is 814. The fourth-order valence-corrected chi connectivity index (χ4v) is 3.12. The fraction of sp³-hybridized carbons (Fsp3) is 0.368. The lowest BCUT2D eigenvalue weighted by atomic mass is 9.93. The standard InChI is InChI=1S/C19H20ClN5O2/c20-14-3-1-13(2-4-14)12-24-19(26)25-15-5-7-16(8-6-15)27-18-17(11-21)22-9-10-23-18/h1-4,9-10,15-16H,5-8,12H2,(H2,24,25,26). The van der Waals surface area contributed by atoms with Gasteiger partial charge in [-0.3, -0.25) is 0 Å². The summed E-state index contributed by atoms with van der Waals surface area (Å²) in [6, 6.07) is 9.26. The van der Waals surface area contributed by atoms with Gasteiger partial charge in [-0.25, -0.2) is 14.8 Å². The second kappa shape index (κ2) is 9.19. The minimum Gasteiger partial charge on any atom is -0.472 e. The predicted octanol–water partition coefficient (Wildman–Crippen LogP) is 3.19. The molecule has 8 heteroatoms. The number of hydrogen-bond acceptors (Lipinski definition) is 5. The van der Waals surface area contributed by atoms with E-state index < -0.39 is 0 Å². The number of aromatic nitrogens is 2. The summed E-state index contributed by atoms with van der Waals surface area (Å²) in [5.74, 6) is 0.275. The molecule has 0 spiro atoms. The molecule has 7 nitrogen and oxygen atoms in total. The number of nitrogens with one attached hydrogen (secondary N) is 2. The molecule has 0 aliphatic heterocycles. The molecule has 1 aliphatic carbocycles. The molecule has 0 radical (unpaired) electrons. The highest BCUT2D eigenvalue weighted by molar-refractivity contribution is 6.30. The third-order valence-corrected chi connectivity index (χ3v) is 4.68. The molecule has 0 bridgehead atoms. The largest absolute Gasteiger partial charge is 0.472 e. The Labute approximate surface area is 162 Å². The Morgan fingerprint density at radius 1 is 1.19 bits per heavy atom. The third kappa shape index (κ3) is 5.56. The van der Waals surface area contributed by atoms with Crippen LogP contribution in [0.3, 0.4) is 0 Å². The summed E-state index contributed by atoms with van der Waals surface area (Å²) in [4.78, 5) is 20.1. The number of hydrogen-bond donors (Lipinski definition) is 2. The molecular weight excluding hydrogens is 366 g/mol. The average Bonchev–Trinajstić information content (AvgIpc) is 2.69. The maximum absolute atomic E-state index is 12.1. The van der Waals surface area contributed by atoms with Crippen molar-refractivity contribution >= 4 is 17.6 Å². The van der Waals surface area contributed by atoms with Crippen LogP contribution in [0.25, 0.3) is 0 Å². The van der Waals surface area contributed by atoms with Crippen LogP contribution in [0.15, 0.2) is 36.7 Å². The smallest absolute Gasteiger partial charge is 0.315 e. The van der Waals surface area contributed by atoms with E-state index in [1.165, 1.54) is 12.4 Å². The molecule has 140 valence electrons. The van der Waals surface area contributed by atoms with Crippen LogP contribution in [0.2, 0.25) is 5.02 Å². The molecule has 2 amide bonds. The van der Waals surface area contributed by atoms with E-state index in [0.29, 0.717) is 11.6 Å². The number of nitrogens with zero attached hydrogens (tertiary/aromatic N) is 3. The van der Waals surface area contributed by atoms with Gasteiger partial charge in [-0.15, -0.1) is 0 Å². The maximum atomic E-state index is 12.1. The zero-order valence-electron chi connectivity index (χ0n) is 14.7. The molecule has 1 fully saturated rings. The molecule has 2 N–H and O–H groups in total. The van der Waals surface area contributed by atoms with Crippen LogP contribution in [0, 0.1) is 11.3 Å². The fourth-order valence-electron chi connectivity index (χ4n) is 2.99. The number of urea groups is 1. The molecule has 3 rings (SSSR count). The summed E-state index contributed by atoms with van der Waals surface area (Å²) < 4.78 is 5.81. The lowest BCUT2D eigenvalue weighted by Gasteiger charge is -2.29. The first-order valence-corrected chi connectivity index (χ1v) is 9.18. The van der Waals surface area contributed by atoms with Crippen LogP contribution in [0.4, 0.5) is 4.79 Å². The Morgan fingerprint density at radius 2 is 1.89 bits per heavy atom. The molecular formula is C19H20ClN5O2. The van der Waals surface area contributed by atoms with Crippen molar-refractivity contribution in [2.45, 2.75) is 44.4 Å². The van der Waals surface area contributed by atoms with E-state index in [1.54, 1.807) is 12.1 Å². The van der Waals surface area contributed by atoms with Crippen molar-refractivity contribution in [2.24, 2.45) is 0 Å². The van der Waals surface area contributed by atoms with Gasteiger partial charge in [0, 0.05) is 30.0 Å². The van der Waals surface area contributed by atoms with E-state index in [0.717, 1.165) is 31.2 Å². The molecule has 2 aromatic rings. The van der Waals surface area contributed by atoms with E-state index in [-0.39, 0.29) is 29.8 Å². The highest BCUT2D eigenvalue weighted by Gasteiger charge is 2.24. The van der Waals surface area contributed by atoms with Crippen molar-refractivity contribution in [2.75, 3.05) is 0 Å². The Hall–Kier alpha value is -2.85. The summed E-state index contributed by atoms with van der Waals surface area (Å²) in [5, 5.41) is 15.6. The Balaban J connectivity index is 1.40. The summed E-state index contributed by atoms with van der Waals surface area (Å²) >= 11 is 5.85. The van der Waals surface area contributed by atoms with Crippen LogP contribution in [0.1, 0.15) is 36.9 Å². The van der Waals surface area contributed by atoms with Crippen molar-refractivity contribution in [3.8, 4) is 11.9 Å². The van der Waals surface area contributed by atoms with E-state index in [4.69, 9.17) is 21.6 Å². The second-order valence-corrected chi connectivity index (χ2v) is 6.80. The topological polar surface area (TPSA) is 99.9 Å². The minimum absolute atomic E-state index is 0.0241. The number of rotatable bonds is 5. The van der Waals surface area contributed by atoms with Gasteiger partial charge < -0.3 is 15.4 Å². The van der Waals surface area contributed by atoms with Gasteiger partial charge in [0.1, 0.15) is 12.2 Å². The first-order valence-electron chi connectivity index (χ1n) is 8.80. The summed E-state index contributed by atoms with van der Waals surface area (Å²) in [6.07, 6.45) is 6.13. The SMILES string of the molecule is N#Cc1nccnc1OC1CCC(NC(=O)NCc2ccc(Cl)cc2)CC1. The van der Waals surface area contributed by atoms with Crippen LogP contribution < -0.4 is 15.4 Å². The molecule has 1 aromatic heterocycles. The number of benzene rings is 1. The minimum atomic E-state index is -0.185. The van der Waals surface area contributed by atoms with Crippen LogP contribution in [-0.2, 0) is 6.54 Å². The van der Waals surface area contributed by atoms with Gasteiger partial charge in [0.25, 0.3) is 5.88 Å². The lowest BCUT2D eigenvalue weighted by Crippen LogP contribution is -2.44. The van der Waals surface area contributed by atoms with E-state index in [2.05, 4.69) is 20.6 Å². The van der Waals surface area contributed by atoms with Crippen molar-refractivity contribution in [1.82, 2.24) is 20.6 Å². The molecule has 0 unspecified atom stereocenters. The van der Waals surface area contributed by atoms with E-state index in [9.17, 15) is 4.79 Å². The highest BCUT2D eigenvalue weighted by atomic mass is 35.5. The number of ether oxygens (including phenoxy) is 1. The van der Waals surface area contributed by atoms with Gasteiger partial charge in [0.2, 0.25) is 5.69 Å². The maximum Gasteiger partial charge on any atom is 0.315 e. The van der Waals surface area contributed by atoms with Crippen molar-refractivity contribution in [3.63, 3.8) is 0 Å². The normalized spacial score (nSPS) is 19.0. The number of amides is 2. The molecule has 1 aliphatic rings. The van der Waals surface area contributed by atoms with Gasteiger partial charge in [-0.1, -0.05) is 23.7 Å². The Morgan fingerprint density at radius 3 is 2.59 bits per heavy atom. The van der Waals surface area contributed by atoms with Gasteiger partial charge in [-0.05, 0) is 43.4 Å². The van der Waals surface area contributed by atoms with Crippen molar-refractivity contribution in [3.05, 3.63) is 52.9 Å². The zero-order valence-corrected chi connectivity index (χ0v) is 15.4. The number of nitriles is 1. The zero-order chi connectivity index (χ0) is 19.1. The van der Waals surface area contributed by atoms with E-state index in [1.807, 2.05) is 18.2 Å². The summed E-state index contributed by atoms with van der Waals surface area (Å²) in [5.41, 5.74) is 1.18. The summed E-state index contributed by atoms with van der Waals surface area (Å²) in [6.45, 7) is 0.449. The number of halogens is 1.